The number of hydrogen-bond acceptors (Lipinski definition) is 3. The first-order valence-electron chi connectivity index (χ1n) is 5.01. The first-order chi connectivity index (χ1) is 7.24. The second-order valence-corrected chi connectivity index (χ2v) is 5.02. The Kier molecular flexibility index (Phi) is 3.96. The van der Waals surface area contributed by atoms with E-state index < -0.39 is 12.6 Å². The molecule has 1 rings (SSSR count). The number of rotatable bonds is 4. The number of nitrogens with zero attached hydrogens (tertiary/aromatic N) is 1. The summed E-state index contributed by atoms with van der Waals surface area (Å²) in [6.07, 6.45) is -5.13. The molecule has 0 aliphatic carbocycles. The number of nitrogens with one attached hydrogen (secondary N) is 1. The van der Waals surface area contributed by atoms with Crippen LogP contribution in [-0.4, -0.2) is 17.7 Å². The van der Waals surface area contributed by atoms with Gasteiger partial charge in [-0.3, -0.25) is 0 Å². The summed E-state index contributed by atoms with van der Waals surface area (Å²) >= 11 is 1.06. The molecule has 0 amide bonds. The van der Waals surface area contributed by atoms with Crippen LogP contribution < -0.4 is 5.32 Å². The van der Waals surface area contributed by atoms with Gasteiger partial charge >= 0.3 is 6.18 Å². The van der Waals surface area contributed by atoms with Crippen molar-refractivity contribution in [3.8, 4) is 0 Å². The molecule has 2 nitrogen and oxygen atoms in total. The van der Waals surface area contributed by atoms with Gasteiger partial charge in [0.25, 0.3) is 0 Å². The van der Waals surface area contributed by atoms with E-state index in [-0.39, 0.29) is 10.5 Å². The lowest BCUT2D eigenvalue weighted by Gasteiger charge is -2.23. The van der Waals surface area contributed by atoms with E-state index in [1.807, 2.05) is 20.8 Å². The molecule has 0 aromatic carbocycles. The molecule has 0 spiro atoms. The third-order valence-electron chi connectivity index (χ3n) is 2.16. The highest BCUT2D eigenvalue weighted by Crippen LogP contribution is 2.27. The average Bonchev–Trinajstić information content (AvgIpc) is 2.49. The monoisotopic (exact) mass is 252 g/mol. The minimum atomic E-state index is -4.18. The van der Waals surface area contributed by atoms with Gasteiger partial charge in [-0.1, -0.05) is 6.92 Å². The molecule has 1 aromatic heterocycles. The Hall–Kier alpha value is -0.620. The lowest BCUT2D eigenvalue weighted by Crippen LogP contribution is -2.36. The first-order valence-corrected chi connectivity index (χ1v) is 5.89. The summed E-state index contributed by atoms with van der Waals surface area (Å²) in [6.45, 7) is 6.51. The molecule has 92 valence electrons. The molecule has 0 saturated heterocycles. The number of halogens is 3. The normalized spacial score (nSPS) is 13.1. The largest absolute Gasteiger partial charge is 0.395 e. The summed E-state index contributed by atoms with van der Waals surface area (Å²) in [5.74, 6) is 0. The van der Waals surface area contributed by atoms with Crippen molar-refractivity contribution in [2.75, 3.05) is 6.54 Å². The molecule has 1 N–H and O–H groups in total. The third-order valence-corrected chi connectivity index (χ3v) is 3.01. The molecular formula is C10H15F3N2S. The van der Waals surface area contributed by atoms with Crippen LogP contribution in [0.2, 0.25) is 0 Å². The van der Waals surface area contributed by atoms with E-state index in [9.17, 15) is 13.2 Å². The summed E-state index contributed by atoms with van der Waals surface area (Å²) in [6, 6.07) is 0. The van der Waals surface area contributed by atoms with Gasteiger partial charge in [-0.05, 0) is 20.4 Å². The molecule has 0 fully saturated rings. The zero-order valence-corrected chi connectivity index (χ0v) is 10.3. The van der Waals surface area contributed by atoms with Gasteiger partial charge in [0.15, 0.2) is 0 Å². The van der Waals surface area contributed by atoms with Gasteiger partial charge in [-0.2, -0.15) is 13.2 Å². The van der Waals surface area contributed by atoms with E-state index in [2.05, 4.69) is 10.3 Å². The van der Waals surface area contributed by atoms with Gasteiger partial charge in [0.2, 0.25) is 0 Å². The fraction of sp³-hybridized carbons (Fsp3) is 0.700. The van der Waals surface area contributed by atoms with Crippen LogP contribution in [0, 0.1) is 0 Å². The Balaban J connectivity index is 2.79. The molecular weight excluding hydrogens is 237 g/mol. The maximum absolute atomic E-state index is 12.1. The van der Waals surface area contributed by atoms with Crippen molar-refractivity contribution in [3.05, 3.63) is 16.1 Å². The van der Waals surface area contributed by atoms with Crippen LogP contribution in [0.4, 0.5) is 13.2 Å². The van der Waals surface area contributed by atoms with Crippen molar-refractivity contribution < 1.29 is 13.2 Å². The second kappa shape index (κ2) is 4.71. The average molecular weight is 252 g/mol. The number of hydrogen-bond donors (Lipinski definition) is 1. The van der Waals surface area contributed by atoms with E-state index >= 15 is 0 Å². The predicted molar refractivity (Wildman–Crippen MR) is 58.6 cm³/mol. The van der Waals surface area contributed by atoms with Crippen molar-refractivity contribution in [2.24, 2.45) is 0 Å². The first kappa shape index (κ1) is 13.4. The van der Waals surface area contributed by atoms with E-state index in [4.69, 9.17) is 0 Å². The minimum absolute atomic E-state index is 0.119. The van der Waals surface area contributed by atoms with Gasteiger partial charge in [0.1, 0.15) is 5.01 Å². The van der Waals surface area contributed by atoms with Crippen LogP contribution in [0.15, 0.2) is 5.38 Å². The van der Waals surface area contributed by atoms with Gasteiger partial charge in [-0.15, -0.1) is 11.3 Å². The van der Waals surface area contributed by atoms with Crippen molar-refractivity contribution in [3.63, 3.8) is 0 Å². The summed E-state index contributed by atoms with van der Waals surface area (Å²) < 4.78 is 36.4. The van der Waals surface area contributed by atoms with Crippen LogP contribution in [0.1, 0.15) is 31.5 Å². The Morgan fingerprint density at radius 1 is 1.38 bits per heavy atom. The zero-order chi connectivity index (χ0) is 12.4. The highest BCUT2D eigenvalue weighted by atomic mass is 32.1. The number of aromatic nitrogens is 1. The van der Waals surface area contributed by atoms with E-state index in [0.29, 0.717) is 5.69 Å². The van der Waals surface area contributed by atoms with E-state index in [0.717, 1.165) is 17.9 Å². The molecule has 16 heavy (non-hydrogen) atoms. The summed E-state index contributed by atoms with van der Waals surface area (Å²) in [4.78, 5) is 4.02. The molecule has 0 saturated carbocycles. The Morgan fingerprint density at radius 3 is 2.50 bits per heavy atom. The number of thiazole rings is 1. The fourth-order valence-electron chi connectivity index (χ4n) is 1.38. The van der Waals surface area contributed by atoms with E-state index in [1.54, 1.807) is 5.38 Å². The van der Waals surface area contributed by atoms with Gasteiger partial charge < -0.3 is 5.32 Å². The molecule has 0 aliphatic rings. The van der Waals surface area contributed by atoms with Gasteiger partial charge in [0, 0.05) is 5.38 Å². The standard InChI is InChI=1S/C10H15F3N2S/c1-4-14-9(2,3)7-6-16-8(15-7)5-10(11,12)13/h6,14H,4-5H2,1-3H3. The third kappa shape index (κ3) is 3.75. The van der Waals surface area contributed by atoms with Crippen LogP contribution in [0.3, 0.4) is 0 Å². The van der Waals surface area contributed by atoms with Crippen molar-refractivity contribution in [1.29, 1.82) is 0 Å². The lowest BCUT2D eigenvalue weighted by molar-refractivity contribution is -0.127. The highest BCUT2D eigenvalue weighted by Gasteiger charge is 2.30. The van der Waals surface area contributed by atoms with Gasteiger partial charge in [0.05, 0.1) is 17.7 Å². The topological polar surface area (TPSA) is 24.9 Å². The minimum Gasteiger partial charge on any atom is -0.307 e. The smallest absolute Gasteiger partial charge is 0.307 e. The number of alkyl halides is 3. The molecule has 1 heterocycles. The predicted octanol–water partition coefficient (Wildman–Crippen LogP) is 3.09. The van der Waals surface area contributed by atoms with Crippen LogP contribution in [-0.2, 0) is 12.0 Å². The summed E-state index contributed by atoms with van der Waals surface area (Å²) in [7, 11) is 0. The zero-order valence-electron chi connectivity index (χ0n) is 9.48. The molecule has 0 atom stereocenters. The highest BCUT2D eigenvalue weighted by molar-refractivity contribution is 7.09. The molecule has 0 aliphatic heterocycles. The van der Waals surface area contributed by atoms with Crippen molar-refractivity contribution in [2.45, 2.75) is 38.9 Å². The Bertz CT molecular complexity index is 344. The summed E-state index contributed by atoms with van der Waals surface area (Å²) in [5, 5.41) is 4.98. The van der Waals surface area contributed by atoms with E-state index in [1.165, 1.54) is 0 Å². The van der Waals surface area contributed by atoms with Crippen molar-refractivity contribution in [1.82, 2.24) is 10.3 Å². The van der Waals surface area contributed by atoms with Crippen LogP contribution in [0.5, 0.6) is 0 Å². The maximum Gasteiger partial charge on any atom is 0.395 e. The molecule has 6 heteroatoms. The van der Waals surface area contributed by atoms with Gasteiger partial charge in [-0.25, -0.2) is 4.98 Å². The van der Waals surface area contributed by atoms with Crippen LogP contribution >= 0.6 is 11.3 Å². The Morgan fingerprint density at radius 2 is 2.00 bits per heavy atom. The molecule has 1 aromatic rings. The molecule has 0 bridgehead atoms. The summed E-state index contributed by atoms with van der Waals surface area (Å²) in [5.41, 5.74) is 0.286. The molecule has 0 unspecified atom stereocenters. The lowest BCUT2D eigenvalue weighted by atomic mass is 10.0. The fourth-order valence-corrected chi connectivity index (χ4v) is 2.38. The molecule has 0 radical (unpaired) electrons. The maximum atomic E-state index is 12.1. The van der Waals surface area contributed by atoms with Crippen molar-refractivity contribution >= 4 is 11.3 Å². The second-order valence-electron chi connectivity index (χ2n) is 4.07. The Labute approximate surface area is 96.9 Å². The van der Waals surface area contributed by atoms with Crippen LogP contribution in [0.25, 0.3) is 0 Å². The SMILES string of the molecule is CCNC(C)(C)c1csc(CC(F)(F)F)n1. The quantitative estimate of drug-likeness (QED) is 0.890.